The van der Waals surface area contributed by atoms with Gasteiger partial charge in [-0.05, 0) is 12.5 Å². The zero-order valence-corrected chi connectivity index (χ0v) is 6.66. The summed E-state index contributed by atoms with van der Waals surface area (Å²) in [5, 5.41) is 9.47. The van der Waals surface area contributed by atoms with Crippen LogP contribution in [0.1, 0.15) is 5.56 Å². The maximum atomic E-state index is 9.47. The van der Waals surface area contributed by atoms with Crippen molar-refractivity contribution in [3.05, 3.63) is 36.4 Å². The lowest BCUT2D eigenvalue weighted by atomic mass is 10.1. The van der Waals surface area contributed by atoms with Gasteiger partial charge in [-0.15, -0.1) is 6.58 Å². The predicted molar refractivity (Wildman–Crippen MR) is 46.8 cm³/mol. The first-order valence-electron chi connectivity index (χ1n) is 3.58. The van der Waals surface area contributed by atoms with E-state index in [1.54, 1.807) is 24.3 Å². The Morgan fingerprint density at radius 2 is 2.33 bits per heavy atom. The standard InChI is InChI=1S/C9H11NO2/c1-2-4-7-5-3-6-8(12-10)9(7)11/h2-3,5-6,11H,1,4,10H2. The van der Waals surface area contributed by atoms with E-state index in [9.17, 15) is 5.11 Å². The predicted octanol–water partition coefficient (Wildman–Crippen LogP) is 1.37. The van der Waals surface area contributed by atoms with Crippen LogP contribution in [0.15, 0.2) is 30.9 Å². The quantitative estimate of drug-likeness (QED) is 0.525. The molecule has 0 saturated carbocycles. The van der Waals surface area contributed by atoms with Gasteiger partial charge in [-0.25, -0.2) is 0 Å². The van der Waals surface area contributed by atoms with Crippen molar-refractivity contribution in [3.63, 3.8) is 0 Å². The number of nitrogens with two attached hydrogens (primary N) is 1. The first kappa shape index (κ1) is 8.62. The molecule has 0 amide bonds. The van der Waals surface area contributed by atoms with E-state index in [0.29, 0.717) is 6.42 Å². The second-order valence-corrected chi connectivity index (χ2v) is 2.37. The van der Waals surface area contributed by atoms with Crippen molar-refractivity contribution in [2.75, 3.05) is 0 Å². The van der Waals surface area contributed by atoms with Gasteiger partial charge in [0, 0.05) is 5.56 Å². The van der Waals surface area contributed by atoms with Gasteiger partial charge in [0.05, 0.1) is 0 Å². The molecule has 3 N–H and O–H groups in total. The molecule has 0 heterocycles. The van der Waals surface area contributed by atoms with Crippen LogP contribution < -0.4 is 10.7 Å². The summed E-state index contributed by atoms with van der Waals surface area (Å²) in [4.78, 5) is 4.45. The minimum absolute atomic E-state index is 0.0832. The number of rotatable bonds is 3. The molecule has 1 rings (SSSR count). The zero-order chi connectivity index (χ0) is 8.97. The van der Waals surface area contributed by atoms with E-state index in [4.69, 9.17) is 5.90 Å². The highest BCUT2D eigenvalue weighted by atomic mass is 16.6. The zero-order valence-electron chi connectivity index (χ0n) is 6.66. The molecule has 12 heavy (non-hydrogen) atoms. The minimum Gasteiger partial charge on any atom is -0.504 e. The molecule has 0 bridgehead atoms. The van der Waals surface area contributed by atoms with Crippen LogP contribution in [0, 0.1) is 0 Å². The maximum Gasteiger partial charge on any atom is 0.188 e. The molecular weight excluding hydrogens is 154 g/mol. The van der Waals surface area contributed by atoms with E-state index < -0.39 is 0 Å². The molecule has 64 valence electrons. The van der Waals surface area contributed by atoms with Crippen LogP contribution in [-0.4, -0.2) is 5.11 Å². The van der Waals surface area contributed by atoms with Crippen molar-refractivity contribution in [1.29, 1.82) is 0 Å². The molecule has 0 spiro atoms. The second kappa shape index (κ2) is 3.78. The number of para-hydroxylation sites is 1. The van der Waals surface area contributed by atoms with Gasteiger partial charge in [-0.1, -0.05) is 18.2 Å². The summed E-state index contributed by atoms with van der Waals surface area (Å²) >= 11 is 0. The lowest BCUT2D eigenvalue weighted by Crippen LogP contribution is -2.02. The number of hydrogen-bond donors (Lipinski definition) is 2. The van der Waals surface area contributed by atoms with Gasteiger partial charge >= 0.3 is 0 Å². The largest absolute Gasteiger partial charge is 0.504 e. The summed E-state index contributed by atoms with van der Waals surface area (Å²) in [5.41, 5.74) is 0.757. The van der Waals surface area contributed by atoms with Gasteiger partial charge < -0.3 is 9.94 Å². The average Bonchev–Trinajstić information content (AvgIpc) is 2.09. The number of allylic oxidation sites excluding steroid dienone is 1. The van der Waals surface area contributed by atoms with Crippen LogP contribution in [-0.2, 0) is 6.42 Å². The molecule has 0 fully saturated rings. The highest BCUT2D eigenvalue weighted by molar-refractivity contribution is 5.45. The average molecular weight is 165 g/mol. The van der Waals surface area contributed by atoms with Crippen LogP contribution >= 0.6 is 0 Å². The molecule has 0 atom stereocenters. The van der Waals surface area contributed by atoms with Gasteiger partial charge in [-0.2, -0.15) is 5.90 Å². The Balaban J connectivity index is 3.04. The third kappa shape index (κ3) is 1.57. The van der Waals surface area contributed by atoms with Gasteiger partial charge in [0.1, 0.15) is 0 Å². The Morgan fingerprint density at radius 1 is 1.58 bits per heavy atom. The highest BCUT2D eigenvalue weighted by Crippen LogP contribution is 2.28. The summed E-state index contributed by atoms with van der Waals surface area (Å²) < 4.78 is 0. The van der Waals surface area contributed by atoms with Crippen LogP contribution in [0.2, 0.25) is 0 Å². The van der Waals surface area contributed by atoms with Crippen LogP contribution in [0.25, 0.3) is 0 Å². The van der Waals surface area contributed by atoms with E-state index in [1.807, 2.05) is 0 Å². The van der Waals surface area contributed by atoms with E-state index >= 15 is 0 Å². The van der Waals surface area contributed by atoms with Crippen LogP contribution in [0.5, 0.6) is 11.5 Å². The first-order chi connectivity index (χ1) is 5.79. The monoisotopic (exact) mass is 165 g/mol. The van der Waals surface area contributed by atoms with Gasteiger partial charge in [0.25, 0.3) is 0 Å². The van der Waals surface area contributed by atoms with Gasteiger partial charge in [-0.3, -0.25) is 0 Å². The van der Waals surface area contributed by atoms with Gasteiger partial charge in [0.2, 0.25) is 0 Å². The minimum atomic E-state index is 0.0832. The topological polar surface area (TPSA) is 55.5 Å². The third-order valence-electron chi connectivity index (χ3n) is 1.57. The van der Waals surface area contributed by atoms with Crippen molar-refractivity contribution < 1.29 is 9.94 Å². The first-order valence-corrected chi connectivity index (χ1v) is 3.58. The molecule has 0 aromatic heterocycles. The Bertz CT molecular complexity index is 284. The Hall–Kier alpha value is -1.48. The number of aromatic hydroxyl groups is 1. The number of phenolic OH excluding ortho intramolecular Hbond substituents is 1. The summed E-state index contributed by atoms with van der Waals surface area (Å²) in [6, 6.07) is 5.15. The summed E-state index contributed by atoms with van der Waals surface area (Å²) in [6.45, 7) is 3.57. The fraction of sp³-hybridized carbons (Fsp3) is 0.111. The molecule has 1 aromatic carbocycles. The van der Waals surface area contributed by atoms with E-state index in [1.165, 1.54) is 0 Å². The molecule has 0 radical (unpaired) electrons. The van der Waals surface area contributed by atoms with Crippen LogP contribution in [0.3, 0.4) is 0 Å². The van der Waals surface area contributed by atoms with Crippen molar-refractivity contribution in [3.8, 4) is 11.5 Å². The fourth-order valence-electron chi connectivity index (χ4n) is 0.983. The summed E-state index contributed by atoms with van der Waals surface area (Å²) in [6.07, 6.45) is 2.30. The van der Waals surface area contributed by atoms with Crippen molar-refractivity contribution in [2.24, 2.45) is 5.90 Å². The molecular formula is C9H11NO2. The lowest BCUT2D eigenvalue weighted by molar-refractivity contribution is 0.311. The smallest absolute Gasteiger partial charge is 0.188 e. The molecule has 3 heteroatoms. The Labute approximate surface area is 71.0 Å². The normalized spacial score (nSPS) is 9.42. The number of benzene rings is 1. The highest BCUT2D eigenvalue weighted by Gasteiger charge is 2.05. The molecule has 0 aliphatic heterocycles. The molecule has 3 nitrogen and oxygen atoms in total. The molecule has 0 saturated heterocycles. The Kier molecular flexibility index (Phi) is 2.71. The van der Waals surface area contributed by atoms with E-state index in [2.05, 4.69) is 11.4 Å². The Morgan fingerprint density at radius 3 is 2.92 bits per heavy atom. The molecule has 1 aromatic rings. The summed E-state index contributed by atoms with van der Waals surface area (Å²) in [7, 11) is 0. The molecule has 0 aliphatic carbocycles. The number of hydrogen-bond acceptors (Lipinski definition) is 3. The van der Waals surface area contributed by atoms with Gasteiger partial charge in [0.15, 0.2) is 11.5 Å². The molecule has 0 unspecified atom stereocenters. The van der Waals surface area contributed by atoms with E-state index in [-0.39, 0.29) is 11.5 Å². The second-order valence-electron chi connectivity index (χ2n) is 2.37. The fourth-order valence-corrected chi connectivity index (χ4v) is 0.983. The SMILES string of the molecule is C=CCc1cccc(ON)c1O. The third-order valence-corrected chi connectivity index (χ3v) is 1.57. The molecule has 0 aliphatic rings. The van der Waals surface area contributed by atoms with Crippen LogP contribution in [0.4, 0.5) is 0 Å². The summed E-state index contributed by atoms with van der Waals surface area (Å²) in [5.74, 6) is 5.30. The van der Waals surface area contributed by atoms with Crippen molar-refractivity contribution in [1.82, 2.24) is 0 Å². The van der Waals surface area contributed by atoms with Crippen molar-refractivity contribution in [2.45, 2.75) is 6.42 Å². The number of phenols is 1. The maximum absolute atomic E-state index is 9.47. The lowest BCUT2D eigenvalue weighted by Gasteiger charge is -2.05. The van der Waals surface area contributed by atoms with E-state index in [0.717, 1.165) is 5.56 Å². The van der Waals surface area contributed by atoms with Crippen molar-refractivity contribution >= 4 is 0 Å².